The second-order valence-electron chi connectivity index (χ2n) is 8.10. The predicted molar refractivity (Wildman–Crippen MR) is 114 cm³/mol. The molecule has 0 saturated heterocycles. The molecule has 0 aliphatic heterocycles. The van der Waals surface area contributed by atoms with Crippen molar-refractivity contribution in [3.63, 3.8) is 0 Å². The van der Waals surface area contributed by atoms with E-state index in [-0.39, 0.29) is 0 Å². The fourth-order valence-electron chi connectivity index (χ4n) is 4.24. The Kier molecular flexibility index (Phi) is 4.76. The summed E-state index contributed by atoms with van der Waals surface area (Å²) in [5, 5.41) is 0. The van der Waals surface area contributed by atoms with Gasteiger partial charge >= 0.3 is 0 Å². The lowest BCUT2D eigenvalue weighted by Crippen LogP contribution is -2.30. The molecule has 1 heterocycles. The van der Waals surface area contributed by atoms with Crippen molar-refractivity contribution in [2.45, 2.75) is 45.4 Å². The van der Waals surface area contributed by atoms with Crippen LogP contribution in [0.1, 0.15) is 51.0 Å². The second-order valence-corrected chi connectivity index (χ2v) is 8.10. The Bertz CT molecular complexity index is 983. The minimum atomic E-state index is -0.425. The zero-order chi connectivity index (χ0) is 19.7. The molecule has 0 spiro atoms. The molecule has 0 amide bonds. The van der Waals surface area contributed by atoms with Crippen LogP contribution >= 0.6 is 0 Å². The maximum Gasteiger partial charge on any atom is 0.212 e. The molecule has 1 aliphatic carbocycles. The number of pyridine rings is 1. The maximum absolute atomic E-state index is 9.02. The fraction of sp³-hybridized carbons (Fsp3) is 0.346. The molecule has 1 aromatic heterocycles. The van der Waals surface area contributed by atoms with Crippen LogP contribution in [-0.4, -0.2) is 0 Å². The number of aryl methyl sites for hydroxylation is 2. The highest BCUT2D eigenvalue weighted by Gasteiger charge is 2.20. The van der Waals surface area contributed by atoms with Crippen LogP contribution in [0.5, 0.6) is 0 Å². The summed E-state index contributed by atoms with van der Waals surface area (Å²) in [5.74, 6) is 0.334. The van der Waals surface area contributed by atoms with Crippen molar-refractivity contribution in [1.82, 2.24) is 0 Å². The Morgan fingerprint density at radius 3 is 2.41 bits per heavy atom. The van der Waals surface area contributed by atoms with Crippen molar-refractivity contribution < 1.29 is 5.94 Å². The van der Waals surface area contributed by atoms with Gasteiger partial charge in [-0.1, -0.05) is 62.2 Å². The molecular weight excluding hydrogens is 326 g/mol. The average molecular weight is 358 g/mol. The summed E-state index contributed by atoms with van der Waals surface area (Å²) in [4.78, 5) is 0. The molecule has 1 heteroatoms. The minimum absolute atomic E-state index is 0.425. The Labute approximate surface area is 165 Å². The normalized spacial score (nSPS) is 23.1. The first-order chi connectivity index (χ1) is 13.5. The van der Waals surface area contributed by atoms with E-state index in [9.17, 15) is 0 Å². The molecule has 3 aromatic rings. The first-order valence-corrected chi connectivity index (χ1v) is 10.1. The molecule has 2 aromatic carbocycles. The predicted octanol–water partition coefficient (Wildman–Crippen LogP) is 6.45. The van der Waals surface area contributed by atoms with Crippen molar-refractivity contribution in [2.75, 3.05) is 0 Å². The largest absolute Gasteiger partial charge is 0.212 e. The van der Waals surface area contributed by atoms with E-state index in [1.54, 1.807) is 0 Å². The van der Waals surface area contributed by atoms with Crippen LogP contribution in [0.3, 0.4) is 0 Å². The van der Waals surface area contributed by atoms with Gasteiger partial charge in [0, 0.05) is 18.6 Å². The van der Waals surface area contributed by atoms with E-state index in [1.807, 2.05) is 0 Å². The Morgan fingerprint density at radius 2 is 1.67 bits per heavy atom. The third kappa shape index (κ3) is 3.83. The van der Waals surface area contributed by atoms with Gasteiger partial charge in [-0.25, -0.2) is 4.57 Å². The van der Waals surface area contributed by atoms with Gasteiger partial charge in [0.05, 0.1) is 0 Å². The van der Waals surface area contributed by atoms with Gasteiger partial charge in [-0.15, -0.1) is 0 Å². The molecule has 4 rings (SSSR count). The number of hydrogen-bond acceptors (Lipinski definition) is 0. The summed E-state index contributed by atoms with van der Waals surface area (Å²) in [7, 11) is 2.11. The molecule has 0 unspecified atom stereocenters. The van der Waals surface area contributed by atoms with E-state index >= 15 is 0 Å². The van der Waals surface area contributed by atoms with Gasteiger partial charge in [0.15, 0.2) is 6.20 Å². The molecule has 1 aliphatic rings. The van der Waals surface area contributed by atoms with E-state index < -0.39 is 5.89 Å². The maximum atomic E-state index is 9.02. The molecule has 1 nitrogen and oxygen atoms in total. The fourth-order valence-corrected chi connectivity index (χ4v) is 4.24. The Hall–Kier alpha value is -2.41. The smallest absolute Gasteiger partial charge is 0.200 e. The topological polar surface area (TPSA) is 3.88 Å². The van der Waals surface area contributed by atoms with Crippen LogP contribution in [0.15, 0.2) is 66.9 Å². The summed E-state index contributed by atoms with van der Waals surface area (Å²) in [5.41, 5.74) is 7.35. The van der Waals surface area contributed by atoms with Gasteiger partial charge in [-0.3, -0.25) is 0 Å². The van der Waals surface area contributed by atoms with E-state index in [0.29, 0.717) is 0 Å². The van der Waals surface area contributed by atoms with Gasteiger partial charge in [0.1, 0.15) is 7.05 Å². The first-order valence-electron chi connectivity index (χ1n) is 10.6. The average Bonchev–Trinajstić information content (AvgIpc) is 2.71. The van der Waals surface area contributed by atoms with Gasteiger partial charge in [0.25, 0.3) is 0 Å². The summed E-state index contributed by atoms with van der Waals surface area (Å²) < 4.78 is 11.2. The van der Waals surface area contributed by atoms with Crippen LogP contribution in [0.25, 0.3) is 22.4 Å². The summed E-state index contributed by atoms with van der Waals surface area (Å²) in [6.07, 6.45) is 6.47. The van der Waals surface area contributed by atoms with E-state index in [2.05, 4.69) is 92.3 Å². The number of hydrogen-bond donors (Lipinski definition) is 0. The van der Waals surface area contributed by atoms with Crippen molar-refractivity contribution >= 4 is 0 Å². The van der Waals surface area contributed by atoms with Crippen LogP contribution < -0.4 is 4.57 Å². The lowest BCUT2D eigenvalue weighted by atomic mass is 9.79. The molecule has 138 valence electrons. The molecular formula is C26H30N+. The SMILES string of the molecule is [2H]C1(c2cccc(-c3ccc(-c4ccccc4C)[n+](C)c3)c2)CCC(C)CC1. The van der Waals surface area contributed by atoms with Crippen LogP contribution in [0.4, 0.5) is 0 Å². The van der Waals surface area contributed by atoms with Gasteiger partial charge in [0.2, 0.25) is 5.69 Å². The molecule has 27 heavy (non-hydrogen) atoms. The molecule has 0 atom stereocenters. The van der Waals surface area contributed by atoms with Crippen LogP contribution in [-0.2, 0) is 7.05 Å². The summed E-state index contributed by atoms with van der Waals surface area (Å²) in [6, 6.07) is 21.6. The molecule has 0 N–H and O–H groups in total. The number of rotatable bonds is 3. The quantitative estimate of drug-likeness (QED) is 0.474. The lowest BCUT2D eigenvalue weighted by Gasteiger charge is -2.26. The van der Waals surface area contributed by atoms with E-state index in [0.717, 1.165) is 31.6 Å². The van der Waals surface area contributed by atoms with Crippen molar-refractivity contribution in [3.05, 3.63) is 78.0 Å². The van der Waals surface area contributed by atoms with Crippen molar-refractivity contribution in [2.24, 2.45) is 13.0 Å². The van der Waals surface area contributed by atoms with Gasteiger partial charge < -0.3 is 0 Å². The van der Waals surface area contributed by atoms with E-state index in [1.165, 1.54) is 33.5 Å². The second kappa shape index (κ2) is 7.68. The molecule has 0 radical (unpaired) electrons. The molecule has 1 saturated carbocycles. The first kappa shape index (κ1) is 16.7. The Morgan fingerprint density at radius 1 is 0.889 bits per heavy atom. The third-order valence-electron chi connectivity index (χ3n) is 6.04. The van der Waals surface area contributed by atoms with Crippen molar-refractivity contribution in [1.29, 1.82) is 0 Å². The third-order valence-corrected chi connectivity index (χ3v) is 6.04. The van der Waals surface area contributed by atoms with Gasteiger partial charge in [-0.05, 0) is 60.4 Å². The van der Waals surface area contributed by atoms with Crippen LogP contribution in [0.2, 0.25) is 0 Å². The molecule has 1 fully saturated rings. The molecule has 0 bridgehead atoms. The number of benzene rings is 2. The zero-order valence-corrected chi connectivity index (χ0v) is 16.7. The number of aromatic nitrogens is 1. The monoisotopic (exact) mass is 357 g/mol. The van der Waals surface area contributed by atoms with E-state index in [4.69, 9.17) is 1.37 Å². The highest BCUT2D eigenvalue weighted by Crippen LogP contribution is 2.36. The highest BCUT2D eigenvalue weighted by atomic mass is 14.9. The minimum Gasteiger partial charge on any atom is -0.200 e. The lowest BCUT2D eigenvalue weighted by molar-refractivity contribution is -0.659. The standard InChI is InChI=1S/C26H30N/c1-19-11-13-21(14-12-19)22-8-6-9-23(17-22)24-15-16-26(27(3)18-24)25-10-5-4-7-20(25)2/h4-10,15-19,21H,11-14H2,1-3H3/q+1/i21D. The zero-order valence-electron chi connectivity index (χ0n) is 17.7. The van der Waals surface area contributed by atoms with Crippen LogP contribution in [0, 0.1) is 12.8 Å². The Balaban J connectivity index is 1.67. The summed E-state index contributed by atoms with van der Waals surface area (Å²) >= 11 is 0. The number of nitrogens with zero attached hydrogens (tertiary/aromatic N) is 1. The van der Waals surface area contributed by atoms with Crippen molar-refractivity contribution in [3.8, 4) is 22.4 Å². The van der Waals surface area contributed by atoms with Gasteiger partial charge in [-0.2, -0.15) is 0 Å². The highest BCUT2D eigenvalue weighted by molar-refractivity contribution is 5.66. The summed E-state index contributed by atoms with van der Waals surface area (Å²) in [6.45, 7) is 4.47.